The minimum Gasteiger partial charge on any atom is -0.245 e. The number of alkyl halides is 1. The van der Waals surface area contributed by atoms with Crippen LogP contribution in [0.1, 0.15) is 6.92 Å². The lowest BCUT2D eigenvalue weighted by Crippen LogP contribution is -1.98. The van der Waals surface area contributed by atoms with Crippen molar-refractivity contribution >= 4 is 0 Å². The van der Waals surface area contributed by atoms with Gasteiger partial charge in [-0.3, -0.25) is 0 Å². The van der Waals surface area contributed by atoms with Crippen LogP contribution >= 0.6 is 0 Å². The molecule has 0 saturated heterocycles. The van der Waals surface area contributed by atoms with Crippen LogP contribution in [0.4, 0.5) is 8.92 Å². The van der Waals surface area contributed by atoms with E-state index in [4.69, 9.17) is 0 Å². The Hall–Kier alpha value is -0.180. The van der Waals surface area contributed by atoms with Crippen LogP contribution in [0.15, 0.2) is 0 Å². The van der Waals surface area contributed by atoms with E-state index >= 15 is 0 Å². The average molecular weight is 96.1 g/mol. The predicted molar refractivity (Wildman–Crippen MR) is 17.6 cm³/mol. The van der Waals surface area contributed by atoms with Crippen molar-refractivity contribution in [2.75, 3.05) is 6.61 Å². The van der Waals surface area contributed by atoms with Crippen LogP contribution in [0.3, 0.4) is 0 Å². The van der Waals surface area contributed by atoms with Crippen molar-refractivity contribution in [2.24, 2.45) is 0 Å². The Morgan fingerprint density at radius 3 is 2.33 bits per heavy atom. The summed E-state index contributed by atoms with van der Waals surface area (Å²) in [7, 11) is 0. The Balaban J connectivity index is 2.63. The normalized spacial score (nSPS) is 14.5. The van der Waals surface area contributed by atoms with Gasteiger partial charge in [0.15, 0.2) is 0 Å². The Morgan fingerprint density at radius 1 is 1.83 bits per heavy atom. The monoisotopic (exact) mass is 96.0 g/mol. The molecular formula is C3H6F2O. The highest BCUT2D eigenvalue weighted by Crippen LogP contribution is 1.87. The first-order valence-corrected chi connectivity index (χ1v) is 1.65. The lowest BCUT2D eigenvalue weighted by molar-refractivity contribution is -0.145. The molecule has 0 aromatic carbocycles. The molecule has 0 spiro atoms. The minimum atomic E-state index is -1.20. The van der Waals surface area contributed by atoms with Gasteiger partial charge in [-0.1, -0.05) is 0 Å². The quantitative estimate of drug-likeness (QED) is 0.502. The SMILES string of the molecule is CC(F)COF. The van der Waals surface area contributed by atoms with Gasteiger partial charge in [-0.2, -0.15) is 4.94 Å². The molecule has 0 radical (unpaired) electrons. The summed E-state index contributed by atoms with van der Waals surface area (Å²) in [6, 6.07) is 0. The molecule has 1 nitrogen and oxygen atoms in total. The van der Waals surface area contributed by atoms with Gasteiger partial charge in [-0.15, -0.1) is 0 Å². The molecule has 0 heterocycles. The van der Waals surface area contributed by atoms with Crippen LogP contribution in [0.5, 0.6) is 0 Å². The van der Waals surface area contributed by atoms with Crippen molar-refractivity contribution in [3.8, 4) is 0 Å². The highest BCUT2D eigenvalue weighted by atomic mass is 19.3. The molecule has 0 aliphatic carbocycles. The molecule has 3 heteroatoms. The number of hydrogen-bond donors (Lipinski definition) is 0. The summed E-state index contributed by atoms with van der Waals surface area (Å²) in [5.41, 5.74) is 0. The molecule has 0 fully saturated rings. The minimum absolute atomic E-state index is 0.458. The Morgan fingerprint density at radius 2 is 2.33 bits per heavy atom. The van der Waals surface area contributed by atoms with E-state index in [1.54, 1.807) is 0 Å². The van der Waals surface area contributed by atoms with Gasteiger partial charge in [0.2, 0.25) is 0 Å². The maximum Gasteiger partial charge on any atom is 0.124 e. The van der Waals surface area contributed by atoms with E-state index in [0.717, 1.165) is 0 Å². The molecule has 0 rings (SSSR count). The van der Waals surface area contributed by atoms with Crippen molar-refractivity contribution in [1.29, 1.82) is 0 Å². The molecule has 1 unspecified atom stereocenters. The number of halogens is 2. The first-order chi connectivity index (χ1) is 2.77. The molecule has 0 aromatic heterocycles. The molecule has 0 aliphatic heterocycles. The van der Waals surface area contributed by atoms with Crippen molar-refractivity contribution in [3.05, 3.63) is 0 Å². The van der Waals surface area contributed by atoms with E-state index in [0.29, 0.717) is 0 Å². The van der Waals surface area contributed by atoms with Crippen LogP contribution in [0.25, 0.3) is 0 Å². The second-order valence-electron chi connectivity index (χ2n) is 1.06. The Labute approximate surface area is 34.8 Å². The second-order valence-corrected chi connectivity index (χ2v) is 1.06. The largest absolute Gasteiger partial charge is 0.245 e. The van der Waals surface area contributed by atoms with Crippen LogP contribution in [-0.2, 0) is 4.94 Å². The zero-order valence-electron chi connectivity index (χ0n) is 3.45. The second kappa shape index (κ2) is 3.03. The average Bonchev–Trinajstić information content (AvgIpc) is 1.35. The fourth-order valence-corrected chi connectivity index (χ4v) is 0.0868. The van der Waals surface area contributed by atoms with Gasteiger partial charge in [0, 0.05) is 0 Å². The summed E-state index contributed by atoms with van der Waals surface area (Å²) in [5.74, 6) is 0. The summed E-state index contributed by atoms with van der Waals surface area (Å²) in [4.78, 5) is 2.93. The predicted octanol–water partition coefficient (Wildman–Crippen LogP) is 1.25. The summed E-state index contributed by atoms with van der Waals surface area (Å²) in [6.07, 6.45) is -1.20. The standard InChI is InChI=1S/C3H6F2O/c1-3(4)2-6-5/h3H,2H2,1H3. The molecular weight excluding hydrogens is 90.0 g/mol. The summed E-state index contributed by atoms with van der Waals surface area (Å²) >= 11 is 0. The third-order valence-electron chi connectivity index (χ3n) is 0.293. The molecule has 0 bridgehead atoms. The van der Waals surface area contributed by atoms with Gasteiger partial charge in [0.1, 0.15) is 12.8 Å². The van der Waals surface area contributed by atoms with Gasteiger partial charge >= 0.3 is 0 Å². The van der Waals surface area contributed by atoms with Gasteiger partial charge < -0.3 is 0 Å². The summed E-state index contributed by atoms with van der Waals surface area (Å²) in [6.45, 7) is 0.763. The van der Waals surface area contributed by atoms with Crippen molar-refractivity contribution < 1.29 is 13.9 Å². The smallest absolute Gasteiger partial charge is 0.124 e. The Kier molecular flexibility index (Phi) is 2.94. The van der Waals surface area contributed by atoms with Crippen molar-refractivity contribution in [2.45, 2.75) is 13.1 Å². The molecule has 0 saturated carbocycles. The molecule has 0 N–H and O–H groups in total. The van der Waals surface area contributed by atoms with Crippen molar-refractivity contribution in [1.82, 2.24) is 0 Å². The van der Waals surface area contributed by atoms with Gasteiger partial charge in [-0.05, 0) is 11.4 Å². The van der Waals surface area contributed by atoms with E-state index in [-0.39, 0.29) is 0 Å². The van der Waals surface area contributed by atoms with Crippen LogP contribution < -0.4 is 0 Å². The van der Waals surface area contributed by atoms with Crippen LogP contribution in [-0.4, -0.2) is 12.8 Å². The highest BCUT2D eigenvalue weighted by Gasteiger charge is 1.93. The summed E-state index contributed by atoms with van der Waals surface area (Å²) in [5, 5.41) is 0. The lowest BCUT2D eigenvalue weighted by atomic mass is 10.5. The molecule has 0 aromatic rings. The van der Waals surface area contributed by atoms with Gasteiger partial charge in [0.05, 0.1) is 0 Å². The van der Waals surface area contributed by atoms with E-state index < -0.39 is 12.8 Å². The van der Waals surface area contributed by atoms with Gasteiger partial charge in [0.25, 0.3) is 0 Å². The highest BCUT2D eigenvalue weighted by molar-refractivity contribution is 4.36. The third kappa shape index (κ3) is 3.82. The van der Waals surface area contributed by atoms with Crippen LogP contribution in [0, 0.1) is 0 Å². The molecule has 38 valence electrons. The number of hydrogen-bond acceptors (Lipinski definition) is 1. The van der Waals surface area contributed by atoms with Gasteiger partial charge in [-0.25, -0.2) is 4.39 Å². The molecule has 6 heavy (non-hydrogen) atoms. The number of rotatable bonds is 2. The molecule has 0 aliphatic rings. The zero-order chi connectivity index (χ0) is 4.99. The van der Waals surface area contributed by atoms with Crippen LogP contribution in [0.2, 0.25) is 0 Å². The maximum absolute atomic E-state index is 11.3. The first-order valence-electron chi connectivity index (χ1n) is 1.65. The lowest BCUT2D eigenvalue weighted by Gasteiger charge is -1.89. The molecule has 0 amide bonds. The van der Waals surface area contributed by atoms with E-state index in [9.17, 15) is 8.92 Å². The maximum atomic E-state index is 11.3. The fourth-order valence-electron chi connectivity index (χ4n) is 0.0868. The van der Waals surface area contributed by atoms with E-state index in [1.807, 2.05) is 0 Å². The first kappa shape index (κ1) is 5.82. The van der Waals surface area contributed by atoms with Crippen molar-refractivity contribution in [3.63, 3.8) is 0 Å². The molecule has 1 atom stereocenters. The fraction of sp³-hybridized carbons (Fsp3) is 1.00. The zero-order valence-corrected chi connectivity index (χ0v) is 3.45. The van der Waals surface area contributed by atoms with E-state index in [1.165, 1.54) is 6.92 Å². The summed E-state index contributed by atoms with van der Waals surface area (Å²) < 4.78 is 21.8. The topological polar surface area (TPSA) is 9.23 Å². The third-order valence-corrected chi connectivity index (χ3v) is 0.293. The Bertz CT molecular complexity index is 30.0. The van der Waals surface area contributed by atoms with E-state index in [2.05, 4.69) is 4.94 Å².